The molecule has 1 heterocycles. The third kappa shape index (κ3) is 4.33. The van der Waals surface area contributed by atoms with Gasteiger partial charge in [-0.1, -0.05) is 20.8 Å². The first kappa shape index (κ1) is 12.5. The molecular weight excluding hydrogens is 204 g/mol. The Hall–Kier alpha value is -1.52. The number of nitrogens with zero attached hydrogens (tertiary/aromatic N) is 2. The molecule has 0 atom stereocenters. The summed E-state index contributed by atoms with van der Waals surface area (Å²) in [5, 5.41) is 3.21. The smallest absolute Gasteiger partial charge is 0.225 e. The SMILES string of the molecule is COc1cc(NCCC(C)(C)C)nc(N)n1. The zero-order chi connectivity index (χ0) is 12.2. The Morgan fingerprint density at radius 1 is 1.38 bits per heavy atom. The van der Waals surface area contributed by atoms with Gasteiger partial charge in [0.1, 0.15) is 5.82 Å². The molecule has 90 valence electrons. The molecule has 16 heavy (non-hydrogen) atoms. The van der Waals surface area contributed by atoms with Gasteiger partial charge < -0.3 is 15.8 Å². The summed E-state index contributed by atoms with van der Waals surface area (Å²) in [4.78, 5) is 7.99. The topological polar surface area (TPSA) is 73.1 Å². The molecule has 5 nitrogen and oxygen atoms in total. The van der Waals surface area contributed by atoms with Gasteiger partial charge >= 0.3 is 0 Å². The summed E-state index contributed by atoms with van der Waals surface area (Å²) in [6.07, 6.45) is 1.05. The molecule has 0 aliphatic heterocycles. The number of hydrogen-bond donors (Lipinski definition) is 2. The van der Waals surface area contributed by atoms with Crippen LogP contribution in [0.2, 0.25) is 0 Å². The predicted octanol–water partition coefficient (Wildman–Crippen LogP) is 1.92. The predicted molar refractivity (Wildman–Crippen MR) is 65.6 cm³/mol. The van der Waals surface area contributed by atoms with E-state index in [0.717, 1.165) is 13.0 Å². The molecule has 1 rings (SSSR count). The fourth-order valence-corrected chi connectivity index (χ4v) is 1.20. The molecule has 0 spiro atoms. The summed E-state index contributed by atoms with van der Waals surface area (Å²) in [5.74, 6) is 1.40. The highest BCUT2D eigenvalue weighted by Gasteiger charge is 2.09. The number of aromatic nitrogens is 2. The zero-order valence-electron chi connectivity index (χ0n) is 10.4. The van der Waals surface area contributed by atoms with Crippen LogP contribution in [0, 0.1) is 5.41 Å². The molecule has 0 amide bonds. The second-order valence-corrected chi connectivity index (χ2v) is 4.89. The maximum absolute atomic E-state index is 5.55. The Labute approximate surface area is 96.4 Å². The standard InChI is InChI=1S/C11H20N4O/c1-11(2,3)5-6-13-8-7-9(16-4)15-10(12)14-8/h7H,5-6H2,1-4H3,(H3,12,13,14,15). The fraction of sp³-hybridized carbons (Fsp3) is 0.636. The van der Waals surface area contributed by atoms with E-state index in [2.05, 4.69) is 36.1 Å². The largest absolute Gasteiger partial charge is 0.481 e. The molecule has 0 bridgehead atoms. The van der Waals surface area contributed by atoms with Crippen molar-refractivity contribution in [3.8, 4) is 5.88 Å². The minimum absolute atomic E-state index is 0.220. The van der Waals surface area contributed by atoms with Gasteiger partial charge in [0.25, 0.3) is 0 Å². The molecule has 0 saturated carbocycles. The van der Waals surface area contributed by atoms with E-state index < -0.39 is 0 Å². The highest BCUT2D eigenvalue weighted by molar-refractivity contribution is 5.42. The number of nitrogens with two attached hydrogens (primary N) is 1. The van der Waals surface area contributed by atoms with Gasteiger partial charge in [-0.3, -0.25) is 0 Å². The Morgan fingerprint density at radius 2 is 2.06 bits per heavy atom. The average Bonchev–Trinajstić information content (AvgIpc) is 2.14. The monoisotopic (exact) mass is 224 g/mol. The molecule has 1 aromatic rings. The van der Waals surface area contributed by atoms with Crippen LogP contribution in [0.4, 0.5) is 11.8 Å². The van der Waals surface area contributed by atoms with Crippen LogP contribution in [0.15, 0.2) is 6.07 Å². The van der Waals surface area contributed by atoms with E-state index in [4.69, 9.17) is 10.5 Å². The lowest BCUT2D eigenvalue weighted by atomic mass is 9.92. The number of nitrogen functional groups attached to an aromatic ring is 1. The highest BCUT2D eigenvalue weighted by atomic mass is 16.5. The minimum Gasteiger partial charge on any atom is -0.481 e. The first-order chi connectivity index (χ1) is 7.40. The van der Waals surface area contributed by atoms with Crippen molar-refractivity contribution in [2.75, 3.05) is 24.7 Å². The van der Waals surface area contributed by atoms with Crippen LogP contribution in [-0.4, -0.2) is 23.6 Å². The zero-order valence-corrected chi connectivity index (χ0v) is 10.4. The third-order valence-corrected chi connectivity index (χ3v) is 2.11. The summed E-state index contributed by atoms with van der Waals surface area (Å²) in [6.45, 7) is 7.44. The van der Waals surface area contributed by atoms with Crippen LogP contribution in [0.25, 0.3) is 0 Å². The average molecular weight is 224 g/mol. The van der Waals surface area contributed by atoms with E-state index in [1.54, 1.807) is 13.2 Å². The van der Waals surface area contributed by atoms with E-state index in [1.807, 2.05) is 0 Å². The van der Waals surface area contributed by atoms with Crippen molar-refractivity contribution in [2.45, 2.75) is 27.2 Å². The molecule has 0 fully saturated rings. The summed E-state index contributed by atoms with van der Waals surface area (Å²) >= 11 is 0. The Kier molecular flexibility index (Phi) is 3.93. The lowest BCUT2D eigenvalue weighted by molar-refractivity contribution is 0.389. The van der Waals surface area contributed by atoms with Gasteiger partial charge in [0, 0.05) is 12.6 Å². The first-order valence-corrected chi connectivity index (χ1v) is 5.33. The van der Waals surface area contributed by atoms with Crippen LogP contribution in [0.3, 0.4) is 0 Å². The van der Waals surface area contributed by atoms with Crippen LogP contribution >= 0.6 is 0 Å². The normalized spacial score (nSPS) is 11.2. The quantitative estimate of drug-likeness (QED) is 0.817. The van der Waals surface area contributed by atoms with Crippen molar-refractivity contribution in [3.05, 3.63) is 6.07 Å². The summed E-state index contributed by atoms with van der Waals surface area (Å²) in [7, 11) is 1.56. The van der Waals surface area contributed by atoms with Gasteiger partial charge in [-0.25, -0.2) is 0 Å². The molecule has 0 aliphatic carbocycles. The summed E-state index contributed by atoms with van der Waals surface area (Å²) in [6, 6.07) is 1.74. The Bertz CT molecular complexity index is 346. The molecule has 5 heteroatoms. The molecule has 0 saturated heterocycles. The fourth-order valence-electron chi connectivity index (χ4n) is 1.20. The van der Waals surface area contributed by atoms with E-state index in [9.17, 15) is 0 Å². The van der Waals surface area contributed by atoms with Crippen LogP contribution in [0.5, 0.6) is 5.88 Å². The van der Waals surface area contributed by atoms with Crippen molar-refractivity contribution in [2.24, 2.45) is 5.41 Å². The van der Waals surface area contributed by atoms with Gasteiger partial charge in [-0.05, 0) is 11.8 Å². The second kappa shape index (κ2) is 5.01. The molecular formula is C11H20N4O. The van der Waals surface area contributed by atoms with Crippen molar-refractivity contribution in [1.29, 1.82) is 0 Å². The molecule has 0 radical (unpaired) electrons. The van der Waals surface area contributed by atoms with Gasteiger partial charge in [0.05, 0.1) is 7.11 Å². The molecule has 0 aromatic carbocycles. The molecule has 1 aromatic heterocycles. The number of methoxy groups -OCH3 is 1. The van der Waals surface area contributed by atoms with Gasteiger partial charge in [-0.2, -0.15) is 9.97 Å². The van der Waals surface area contributed by atoms with E-state index in [0.29, 0.717) is 17.1 Å². The third-order valence-electron chi connectivity index (χ3n) is 2.11. The summed E-state index contributed by atoms with van der Waals surface area (Å²) < 4.78 is 5.01. The number of nitrogens with one attached hydrogen (secondary N) is 1. The Balaban J connectivity index is 2.57. The van der Waals surface area contributed by atoms with Gasteiger partial charge in [-0.15, -0.1) is 0 Å². The van der Waals surface area contributed by atoms with Gasteiger partial charge in [0.2, 0.25) is 11.8 Å². The van der Waals surface area contributed by atoms with Crippen LogP contribution in [-0.2, 0) is 0 Å². The maximum atomic E-state index is 5.55. The highest BCUT2D eigenvalue weighted by Crippen LogP contribution is 2.19. The molecule has 3 N–H and O–H groups in total. The summed E-state index contributed by atoms with van der Waals surface area (Å²) in [5.41, 5.74) is 5.85. The number of anilines is 2. The van der Waals surface area contributed by atoms with Crippen molar-refractivity contribution in [3.63, 3.8) is 0 Å². The first-order valence-electron chi connectivity index (χ1n) is 5.33. The minimum atomic E-state index is 0.220. The van der Waals surface area contributed by atoms with Gasteiger partial charge in [0.15, 0.2) is 0 Å². The lowest BCUT2D eigenvalue weighted by Crippen LogP contribution is -2.14. The van der Waals surface area contributed by atoms with E-state index >= 15 is 0 Å². The second-order valence-electron chi connectivity index (χ2n) is 4.89. The lowest BCUT2D eigenvalue weighted by Gasteiger charge is -2.18. The van der Waals surface area contributed by atoms with Crippen molar-refractivity contribution >= 4 is 11.8 Å². The Morgan fingerprint density at radius 3 is 2.62 bits per heavy atom. The van der Waals surface area contributed by atoms with E-state index in [1.165, 1.54) is 0 Å². The molecule has 0 unspecified atom stereocenters. The van der Waals surface area contributed by atoms with Crippen molar-refractivity contribution < 1.29 is 4.74 Å². The maximum Gasteiger partial charge on any atom is 0.225 e. The molecule has 0 aliphatic rings. The number of rotatable bonds is 4. The van der Waals surface area contributed by atoms with E-state index in [-0.39, 0.29) is 5.95 Å². The van der Waals surface area contributed by atoms with Crippen molar-refractivity contribution in [1.82, 2.24) is 9.97 Å². The van der Waals surface area contributed by atoms with Crippen LogP contribution in [0.1, 0.15) is 27.2 Å². The van der Waals surface area contributed by atoms with Crippen LogP contribution < -0.4 is 15.8 Å². The number of hydrogen-bond acceptors (Lipinski definition) is 5. The number of ether oxygens (including phenoxy) is 1.